The first kappa shape index (κ1) is 34.3. The summed E-state index contributed by atoms with van der Waals surface area (Å²) in [6.07, 6.45) is 0. The molecule has 4 heterocycles. The van der Waals surface area contributed by atoms with Crippen molar-refractivity contribution in [2.75, 3.05) is 59.6 Å². The standard InChI is InChI=1S/C41H38N6O7/c1-50-35-20-28(21-36(51-2)39(35)52-3)33-22-32(43-37-23-31(44-47(33)37)26-10-5-4-6-11-26)41(49)46-18-16-45(17-19-46)40(48)29-13-7-8-14-30(29)42-24-27-12-9-15-34-38(27)54-25-53-34/h4-15,20-23,42H,16-19,24-25H2,1-3H3. The summed E-state index contributed by atoms with van der Waals surface area (Å²) in [5.74, 6) is 2.44. The molecule has 54 heavy (non-hydrogen) atoms. The van der Waals surface area contributed by atoms with E-state index in [0.29, 0.717) is 95.3 Å². The molecule has 2 aliphatic rings. The number of methoxy groups -OCH3 is 3. The Morgan fingerprint density at radius 3 is 2.17 bits per heavy atom. The summed E-state index contributed by atoms with van der Waals surface area (Å²) < 4.78 is 29.7. The lowest BCUT2D eigenvalue weighted by molar-refractivity contribution is 0.0533. The fraction of sp³-hybridized carbons (Fsp3) is 0.220. The van der Waals surface area contributed by atoms with Crippen LogP contribution in [-0.4, -0.2) is 90.5 Å². The maximum atomic E-state index is 14.2. The molecule has 4 aromatic carbocycles. The van der Waals surface area contributed by atoms with Crippen molar-refractivity contribution < 1.29 is 33.3 Å². The Morgan fingerprint density at radius 1 is 0.741 bits per heavy atom. The van der Waals surface area contributed by atoms with Crippen LogP contribution in [0.4, 0.5) is 5.69 Å². The number of carbonyl (C=O) groups excluding carboxylic acids is 2. The third-order valence-electron chi connectivity index (χ3n) is 9.64. The third kappa shape index (κ3) is 6.44. The number of para-hydroxylation sites is 2. The Morgan fingerprint density at radius 2 is 1.44 bits per heavy atom. The molecule has 274 valence electrons. The highest BCUT2D eigenvalue weighted by Crippen LogP contribution is 2.42. The van der Waals surface area contributed by atoms with Crippen molar-refractivity contribution in [1.29, 1.82) is 0 Å². The number of rotatable bonds is 10. The molecule has 1 saturated heterocycles. The quantitative estimate of drug-likeness (QED) is 0.179. The van der Waals surface area contributed by atoms with Crippen molar-refractivity contribution in [1.82, 2.24) is 24.4 Å². The topological polar surface area (TPSA) is 129 Å². The lowest BCUT2D eigenvalue weighted by atomic mass is 10.1. The first-order valence-corrected chi connectivity index (χ1v) is 17.5. The summed E-state index contributed by atoms with van der Waals surface area (Å²) in [7, 11) is 4.66. The van der Waals surface area contributed by atoms with Crippen molar-refractivity contribution in [2.45, 2.75) is 6.54 Å². The number of benzene rings is 4. The first-order valence-electron chi connectivity index (χ1n) is 17.5. The number of ether oxygens (including phenoxy) is 5. The van der Waals surface area contributed by atoms with Gasteiger partial charge in [0.05, 0.1) is 38.3 Å². The molecule has 0 spiro atoms. The van der Waals surface area contributed by atoms with Gasteiger partial charge < -0.3 is 38.8 Å². The van der Waals surface area contributed by atoms with Gasteiger partial charge in [0.1, 0.15) is 5.69 Å². The molecule has 6 aromatic rings. The van der Waals surface area contributed by atoms with Crippen LogP contribution in [0.5, 0.6) is 28.7 Å². The van der Waals surface area contributed by atoms with E-state index in [-0.39, 0.29) is 24.3 Å². The van der Waals surface area contributed by atoms with Crippen LogP contribution in [0.3, 0.4) is 0 Å². The van der Waals surface area contributed by atoms with Gasteiger partial charge in [-0.25, -0.2) is 9.50 Å². The van der Waals surface area contributed by atoms with E-state index in [9.17, 15) is 9.59 Å². The average Bonchev–Trinajstić information content (AvgIpc) is 3.90. The molecule has 1 N–H and O–H groups in total. The lowest BCUT2D eigenvalue weighted by Crippen LogP contribution is -2.50. The van der Waals surface area contributed by atoms with Gasteiger partial charge in [0.15, 0.2) is 28.6 Å². The van der Waals surface area contributed by atoms with Gasteiger partial charge >= 0.3 is 0 Å². The van der Waals surface area contributed by atoms with Crippen molar-refractivity contribution in [2.24, 2.45) is 0 Å². The van der Waals surface area contributed by atoms with Gasteiger partial charge in [-0.2, -0.15) is 5.10 Å². The number of piperazine rings is 1. The number of hydrogen-bond donors (Lipinski definition) is 1. The first-order chi connectivity index (χ1) is 26.4. The summed E-state index contributed by atoms with van der Waals surface area (Å²) in [5, 5.41) is 8.30. The maximum absolute atomic E-state index is 14.2. The molecular weight excluding hydrogens is 688 g/mol. The molecule has 2 amide bonds. The molecule has 2 aromatic heterocycles. The summed E-state index contributed by atoms with van der Waals surface area (Å²) in [5.41, 5.74) is 5.88. The summed E-state index contributed by atoms with van der Waals surface area (Å²) in [4.78, 5) is 36.4. The molecule has 13 heteroatoms. The SMILES string of the molecule is COc1cc(-c2cc(C(=O)N3CCN(C(=O)c4ccccc4NCc4cccc5c4OCO5)CC3)nc3cc(-c4ccccc4)nn23)cc(OC)c1OC. The molecule has 0 radical (unpaired) electrons. The second-order valence-electron chi connectivity index (χ2n) is 12.7. The lowest BCUT2D eigenvalue weighted by Gasteiger charge is -2.35. The minimum atomic E-state index is -0.246. The summed E-state index contributed by atoms with van der Waals surface area (Å²) in [6.45, 7) is 2.06. The van der Waals surface area contributed by atoms with Gasteiger partial charge in [-0.15, -0.1) is 0 Å². The number of aromatic nitrogens is 3. The summed E-state index contributed by atoms with van der Waals surface area (Å²) in [6, 6.07) is 30.2. The van der Waals surface area contributed by atoms with Gasteiger partial charge in [-0.3, -0.25) is 9.59 Å². The minimum absolute atomic E-state index is 0.111. The number of amides is 2. The van der Waals surface area contributed by atoms with E-state index in [1.165, 1.54) is 0 Å². The zero-order valence-corrected chi connectivity index (χ0v) is 30.1. The molecule has 8 rings (SSSR count). The molecule has 0 unspecified atom stereocenters. The van der Waals surface area contributed by atoms with Gasteiger partial charge in [-0.05, 0) is 36.4 Å². The van der Waals surface area contributed by atoms with Gasteiger partial charge in [-0.1, -0.05) is 54.6 Å². The van der Waals surface area contributed by atoms with Crippen LogP contribution in [0.2, 0.25) is 0 Å². The van der Waals surface area contributed by atoms with E-state index in [2.05, 4.69) is 5.32 Å². The van der Waals surface area contributed by atoms with Crippen LogP contribution in [0.25, 0.3) is 28.2 Å². The predicted molar refractivity (Wildman–Crippen MR) is 202 cm³/mol. The Balaban J connectivity index is 1.04. The molecule has 0 saturated carbocycles. The highest BCUT2D eigenvalue weighted by Gasteiger charge is 2.29. The largest absolute Gasteiger partial charge is 0.493 e. The number of fused-ring (bicyclic) bond motifs is 2. The Hall–Kier alpha value is -6.76. The molecule has 0 aliphatic carbocycles. The number of hydrogen-bond acceptors (Lipinski definition) is 10. The molecule has 1 fully saturated rings. The zero-order chi connectivity index (χ0) is 37.2. The van der Waals surface area contributed by atoms with Crippen LogP contribution >= 0.6 is 0 Å². The number of nitrogens with one attached hydrogen (secondary N) is 1. The molecule has 0 bridgehead atoms. The molecule has 2 aliphatic heterocycles. The minimum Gasteiger partial charge on any atom is -0.493 e. The number of carbonyl (C=O) groups is 2. The molecule has 0 atom stereocenters. The van der Waals surface area contributed by atoms with Crippen LogP contribution < -0.4 is 29.0 Å². The number of nitrogens with zero attached hydrogens (tertiary/aromatic N) is 5. The molecule has 13 nitrogen and oxygen atoms in total. The number of anilines is 1. The third-order valence-corrected chi connectivity index (χ3v) is 9.64. The van der Waals surface area contributed by atoms with E-state index in [1.807, 2.05) is 91.0 Å². The van der Waals surface area contributed by atoms with Crippen molar-refractivity contribution in [3.05, 3.63) is 114 Å². The van der Waals surface area contributed by atoms with Gasteiger partial charge in [0, 0.05) is 61.2 Å². The fourth-order valence-corrected chi connectivity index (χ4v) is 6.86. The van der Waals surface area contributed by atoms with Crippen LogP contribution in [0.15, 0.2) is 97.1 Å². The average molecular weight is 727 g/mol. The second-order valence-corrected chi connectivity index (χ2v) is 12.7. The Kier molecular flexibility index (Phi) is 9.35. The van der Waals surface area contributed by atoms with Crippen LogP contribution in [0.1, 0.15) is 26.4 Å². The van der Waals surface area contributed by atoms with E-state index >= 15 is 0 Å². The molecular formula is C41H38N6O7. The fourth-order valence-electron chi connectivity index (χ4n) is 6.86. The van der Waals surface area contributed by atoms with Crippen molar-refractivity contribution in [3.8, 4) is 51.3 Å². The van der Waals surface area contributed by atoms with E-state index in [0.717, 1.165) is 11.1 Å². The van der Waals surface area contributed by atoms with Gasteiger partial charge in [0.2, 0.25) is 12.5 Å². The normalized spacial score (nSPS) is 13.5. The predicted octanol–water partition coefficient (Wildman–Crippen LogP) is 6.03. The van der Waals surface area contributed by atoms with E-state index < -0.39 is 0 Å². The van der Waals surface area contributed by atoms with Gasteiger partial charge in [0.25, 0.3) is 11.8 Å². The maximum Gasteiger partial charge on any atom is 0.272 e. The summed E-state index contributed by atoms with van der Waals surface area (Å²) >= 11 is 0. The monoisotopic (exact) mass is 726 g/mol. The van der Waals surface area contributed by atoms with E-state index in [1.54, 1.807) is 41.7 Å². The van der Waals surface area contributed by atoms with Crippen LogP contribution in [-0.2, 0) is 6.54 Å². The Bertz CT molecular complexity index is 2330. The second kappa shape index (κ2) is 14.7. The van der Waals surface area contributed by atoms with Crippen LogP contribution in [0, 0.1) is 0 Å². The highest BCUT2D eigenvalue weighted by molar-refractivity contribution is 6.00. The zero-order valence-electron chi connectivity index (χ0n) is 30.1. The van der Waals surface area contributed by atoms with E-state index in [4.69, 9.17) is 33.8 Å². The van der Waals surface area contributed by atoms with Crippen molar-refractivity contribution >= 4 is 23.1 Å². The Labute approximate surface area is 311 Å². The smallest absolute Gasteiger partial charge is 0.272 e. The van der Waals surface area contributed by atoms with Crippen molar-refractivity contribution in [3.63, 3.8) is 0 Å². The highest BCUT2D eigenvalue weighted by atomic mass is 16.7.